The van der Waals surface area contributed by atoms with Gasteiger partial charge in [-0.3, -0.25) is 14.6 Å². The van der Waals surface area contributed by atoms with Crippen molar-refractivity contribution in [3.05, 3.63) is 88.7 Å². The number of amides is 2. The summed E-state index contributed by atoms with van der Waals surface area (Å²) in [5.41, 5.74) is 2.96. The molecule has 2 N–H and O–H groups in total. The normalized spacial score (nSPS) is 15.5. The van der Waals surface area contributed by atoms with Crippen LogP contribution in [0, 0.1) is 0 Å². The molecule has 0 aliphatic carbocycles. The van der Waals surface area contributed by atoms with Crippen LogP contribution in [0.3, 0.4) is 0 Å². The Bertz CT molecular complexity index is 1160. The van der Waals surface area contributed by atoms with E-state index in [1.165, 1.54) is 30.4 Å². The van der Waals surface area contributed by atoms with Crippen LogP contribution in [0.15, 0.2) is 72.1 Å². The summed E-state index contributed by atoms with van der Waals surface area (Å²) in [6, 6.07) is 14.6. The zero-order valence-corrected chi connectivity index (χ0v) is 17.4. The SMILES string of the molecule is CC(=O)Nc1ccc(O)c(C2CC(c3ccc(Cl)cc3)=NN2C(=O)c2ccncc2)c1. The van der Waals surface area contributed by atoms with E-state index in [-0.39, 0.29) is 17.6 Å². The van der Waals surface area contributed by atoms with Crippen LogP contribution >= 0.6 is 11.6 Å². The molecule has 7 nitrogen and oxygen atoms in total. The lowest BCUT2D eigenvalue weighted by atomic mass is 9.97. The third kappa shape index (κ3) is 4.41. The minimum Gasteiger partial charge on any atom is -0.508 e. The number of pyridine rings is 1. The molecule has 1 unspecified atom stereocenters. The number of aromatic nitrogens is 1. The first-order valence-electron chi connectivity index (χ1n) is 9.60. The van der Waals surface area contributed by atoms with Crippen LogP contribution in [0.1, 0.15) is 40.9 Å². The summed E-state index contributed by atoms with van der Waals surface area (Å²) in [7, 11) is 0. The highest BCUT2D eigenvalue weighted by Gasteiger charge is 2.35. The fraction of sp³-hybridized carbons (Fsp3) is 0.130. The lowest BCUT2D eigenvalue weighted by Gasteiger charge is -2.23. The summed E-state index contributed by atoms with van der Waals surface area (Å²) in [4.78, 5) is 28.7. The van der Waals surface area contributed by atoms with Crippen molar-refractivity contribution < 1.29 is 14.7 Å². The highest BCUT2D eigenvalue weighted by molar-refractivity contribution is 6.30. The van der Waals surface area contributed by atoms with Crippen molar-refractivity contribution in [3.8, 4) is 5.75 Å². The van der Waals surface area contributed by atoms with Crippen molar-refractivity contribution in [1.29, 1.82) is 0 Å². The molecule has 0 spiro atoms. The molecule has 8 heteroatoms. The maximum atomic E-state index is 13.3. The first-order chi connectivity index (χ1) is 14.9. The third-order valence-corrected chi connectivity index (χ3v) is 5.18. The number of nitrogens with one attached hydrogen (secondary N) is 1. The quantitative estimate of drug-likeness (QED) is 0.595. The summed E-state index contributed by atoms with van der Waals surface area (Å²) in [5, 5.41) is 19.8. The van der Waals surface area contributed by atoms with Gasteiger partial charge in [-0.1, -0.05) is 23.7 Å². The standard InChI is InChI=1S/C23H19ClN4O3/c1-14(29)26-18-6-7-22(30)19(12-18)21-13-20(15-2-4-17(24)5-3-15)27-28(21)23(31)16-8-10-25-11-9-16/h2-12,21,30H,13H2,1H3,(H,26,29). The average molecular weight is 435 g/mol. The number of hydrogen-bond acceptors (Lipinski definition) is 5. The minimum atomic E-state index is -0.556. The van der Waals surface area contributed by atoms with Gasteiger partial charge in [0, 0.05) is 47.6 Å². The van der Waals surface area contributed by atoms with Gasteiger partial charge in [0.2, 0.25) is 5.91 Å². The number of phenolic OH excluding ortho intramolecular Hbond substituents is 1. The Hall–Kier alpha value is -3.71. The van der Waals surface area contributed by atoms with Crippen molar-refractivity contribution in [2.24, 2.45) is 5.10 Å². The van der Waals surface area contributed by atoms with E-state index in [4.69, 9.17) is 11.6 Å². The summed E-state index contributed by atoms with van der Waals surface area (Å²) >= 11 is 6.00. The molecule has 3 aromatic rings. The Morgan fingerprint density at radius 3 is 2.48 bits per heavy atom. The first kappa shape index (κ1) is 20.6. The number of hydrazone groups is 1. The molecule has 0 fully saturated rings. The Morgan fingerprint density at radius 1 is 1.10 bits per heavy atom. The van der Waals surface area contributed by atoms with Crippen LogP contribution in [-0.4, -0.2) is 32.6 Å². The number of phenols is 1. The Balaban J connectivity index is 1.76. The van der Waals surface area contributed by atoms with Crippen LogP contribution in [0.4, 0.5) is 5.69 Å². The third-order valence-electron chi connectivity index (χ3n) is 4.93. The van der Waals surface area contributed by atoms with Crippen molar-refractivity contribution in [2.45, 2.75) is 19.4 Å². The second-order valence-electron chi connectivity index (χ2n) is 7.11. The molecule has 4 rings (SSSR count). The Kier molecular flexibility index (Phi) is 5.68. The van der Waals surface area contributed by atoms with E-state index >= 15 is 0 Å². The fourth-order valence-electron chi connectivity index (χ4n) is 3.49. The number of nitrogens with zero attached hydrogens (tertiary/aromatic N) is 3. The van der Waals surface area contributed by atoms with E-state index < -0.39 is 6.04 Å². The van der Waals surface area contributed by atoms with Gasteiger partial charge in [0.1, 0.15) is 5.75 Å². The largest absolute Gasteiger partial charge is 0.508 e. The van der Waals surface area contributed by atoms with E-state index in [2.05, 4.69) is 15.4 Å². The van der Waals surface area contributed by atoms with E-state index in [1.54, 1.807) is 36.4 Å². The maximum absolute atomic E-state index is 13.3. The molecular weight excluding hydrogens is 416 g/mol. The van der Waals surface area contributed by atoms with Crippen molar-refractivity contribution in [2.75, 3.05) is 5.32 Å². The number of carbonyl (C=O) groups excluding carboxylic acids is 2. The molecule has 2 heterocycles. The molecule has 2 amide bonds. The Labute approximate surface area is 184 Å². The van der Waals surface area contributed by atoms with Gasteiger partial charge < -0.3 is 10.4 Å². The first-order valence-corrected chi connectivity index (χ1v) is 9.97. The molecule has 2 aromatic carbocycles. The molecule has 0 saturated carbocycles. The summed E-state index contributed by atoms with van der Waals surface area (Å²) < 4.78 is 0. The van der Waals surface area contributed by atoms with Gasteiger partial charge in [-0.25, -0.2) is 5.01 Å². The maximum Gasteiger partial charge on any atom is 0.274 e. The lowest BCUT2D eigenvalue weighted by Crippen LogP contribution is -2.27. The molecule has 1 aliphatic rings. The van der Waals surface area contributed by atoms with Crippen molar-refractivity contribution in [1.82, 2.24) is 9.99 Å². The smallest absolute Gasteiger partial charge is 0.274 e. The molecular formula is C23H19ClN4O3. The van der Waals surface area contributed by atoms with Crippen LogP contribution in [0.5, 0.6) is 5.75 Å². The molecule has 31 heavy (non-hydrogen) atoms. The molecule has 0 bridgehead atoms. The minimum absolute atomic E-state index is 0.0131. The van der Waals surface area contributed by atoms with E-state index in [0.29, 0.717) is 34.0 Å². The van der Waals surface area contributed by atoms with Crippen molar-refractivity contribution in [3.63, 3.8) is 0 Å². The number of benzene rings is 2. The Morgan fingerprint density at radius 2 is 1.81 bits per heavy atom. The van der Waals surface area contributed by atoms with E-state index in [0.717, 1.165) is 5.56 Å². The predicted octanol–water partition coefficient (Wildman–Crippen LogP) is 4.39. The number of rotatable bonds is 4. The summed E-state index contributed by atoms with van der Waals surface area (Å²) in [6.07, 6.45) is 3.46. The second kappa shape index (κ2) is 8.57. The lowest BCUT2D eigenvalue weighted by molar-refractivity contribution is -0.114. The number of carbonyl (C=O) groups is 2. The van der Waals surface area contributed by atoms with Gasteiger partial charge >= 0.3 is 0 Å². The highest BCUT2D eigenvalue weighted by atomic mass is 35.5. The van der Waals surface area contributed by atoms with Crippen LogP contribution in [-0.2, 0) is 4.79 Å². The monoisotopic (exact) mass is 434 g/mol. The molecule has 1 aromatic heterocycles. The van der Waals surface area contributed by atoms with Crippen LogP contribution in [0.2, 0.25) is 5.02 Å². The zero-order chi connectivity index (χ0) is 22.0. The molecule has 156 valence electrons. The fourth-order valence-corrected chi connectivity index (χ4v) is 3.61. The van der Waals surface area contributed by atoms with Gasteiger partial charge in [-0.05, 0) is 48.0 Å². The highest BCUT2D eigenvalue weighted by Crippen LogP contribution is 2.39. The van der Waals surface area contributed by atoms with Gasteiger partial charge in [0.15, 0.2) is 0 Å². The average Bonchev–Trinajstić information content (AvgIpc) is 3.20. The molecule has 0 saturated heterocycles. The van der Waals surface area contributed by atoms with Gasteiger partial charge in [-0.15, -0.1) is 0 Å². The predicted molar refractivity (Wildman–Crippen MR) is 118 cm³/mol. The van der Waals surface area contributed by atoms with Gasteiger partial charge in [0.05, 0.1) is 11.8 Å². The molecule has 1 atom stereocenters. The number of halogens is 1. The van der Waals surface area contributed by atoms with E-state index in [1.807, 2.05) is 12.1 Å². The summed E-state index contributed by atoms with van der Waals surface area (Å²) in [5.74, 6) is -0.536. The van der Waals surface area contributed by atoms with Crippen LogP contribution in [0.25, 0.3) is 0 Å². The van der Waals surface area contributed by atoms with Crippen molar-refractivity contribution >= 4 is 34.8 Å². The van der Waals surface area contributed by atoms with Crippen LogP contribution < -0.4 is 5.32 Å². The van der Waals surface area contributed by atoms with E-state index in [9.17, 15) is 14.7 Å². The molecule has 1 aliphatic heterocycles. The number of anilines is 1. The zero-order valence-electron chi connectivity index (χ0n) is 16.6. The number of aromatic hydroxyl groups is 1. The number of hydrogen-bond donors (Lipinski definition) is 2. The van der Waals surface area contributed by atoms with Gasteiger partial charge in [0.25, 0.3) is 5.91 Å². The van der Waals surface area contributed by atoms with Gasteiger partial charge in [-0.2, -0.15) is 5.10 Å². The molecule has 0 radical (unpaired) electrons. The summed E-state index contributed by atoms with van der Waals surface area (Å²) in [6.45, 7) is 1.41. The second-order valence-corrected chi connectivity index (χ2v) is 7.55. The topological polar surface area (TPSA) is 94.9 Å².